The van der Waals surface area contributed by atoms with Crippen molar-refractivity contribution in [2.75, 3.05) is 19.8 Å². The van der Waals surface area contributed by atoms with Crippen LogP contribution in [0.3, 0.4) is 0 Å². The Balaban J connectivity index is 2.34. The van der Waals surface area contributed by atoms with E-state index in [1.54, 1.807) is 0 Å². The van der Waals surface area contributed by atoms with Crippen LogP contribution in [0.1, 0.15) is 26.7 Å². The molecule has 0 bridgehead atoms. The van der Waals surface area contributed by atoms with Gasteiger partial charge < -0.3 is 20.3 Å². The van der Waals surface area contributed by atoms with Crippen LogP contribution < -0.4 is 10.1 Å². The van der Waals surface area contributed by atoms with Gasteiger partial charge in [0, 0.05) is 23.2 Å². The molecule has 0 amide bonds. The maximum atomic E-state index is 9.95. The average Bonchev–Trinajstić information content (AvgIpc) is 2.43. The maximum Gasteiger partial charge on any atom is 0.120 e. The van der Waals surface area contributed by atoms with E-state index in [1.807, 2.05) is 31.2 Å². The van der Waals surface area contributed by atoms with Crippen LogP contribution in [0, 0.1) is 0 Å². The first-order valence-corrected chi connectivity index (χ1v) is 7.70. The number of hydrogen-bond donors (Lipinski definition) is 3. The Bertz CT molecular complexity index is 402. The molecule has 5 heteroatoms. The molecule has 0 fully saturated rings. The second kappa shape index (κ2) is 8.62. The third-order valence-electron chi connectivity index (χ3n) is 3.45. The van der Waals surface area contributed by atoms with Gasteiger partial charge >= 0.3 is 0 Å². The third-order valence-corrected chi connectivity index (χ3v) is 3.94. The lowest BCUT2D eigenvalue weighted by atomic mass is 9.95. The van der Waals surface area contributed by atoms with Gasteiger partial charge in [0.05, 0.1) is 0 Å². The molecule has 0 radical (unpaired) electrons. The first kappa shape index (κ1) is 17.4. The summed E-state index contributed by atoms with van der Waals surface area (Å²) in [6, 6.07) is 7.53. The fourth-order valence-corrected chi connectivity index (χ4v) is 2.19. The van der Waals surface area contributed by atoms with E-state index in [0.29, 0.717) is 13.0 Å². The Morgan fingerprint density at radius 1 is 1.45 bits per heavy atom. The molecule has 3 N–H and O–H groups in total. The molecule has 0 aliphatic heterocycles. The van der Waals surface area contributed by atoms with Crippen LogP contribution in [0.4, 0.5) is 0 Å². The summed E-state index contributed by atoms with van der Waals surface area (Å²) < 4.78 is 6.49. The summed E-state index contributed by atoms with van der Waals surface area (Å²) in [6.07, 6.45) is 0.980. The summed E-state index contributed by atoms with van der Waals surface area (Å²) in [4.78, 5) is 0. The highest BCUT2D eigenvalue weighted by Crippen LogP contribution is 2.18. The first-order chi connectivity index (χ1) is 9.49. The predicted molar refractivity (Wildman–Crippen MR) is 84.0 cm³/mol. The zero-order valence-electron chi connectivity index (χ0n) is 12.1. The Hall–Kier alpha value is -0.620. The highest BCUT2D eigenvalue weighted by Gasteiger charge is 2.21. The van der Waals surface area contributed by atoms with E-state index in [9.17, 15) is 5.11 Å². The van der Waals surface area contributed by atoms with Crippen molar-refractivity contribution in [2.45, 2.75) is 38.3 Å². The molecule has 20 heavy (non-hydrogen) atoms. The quantitative estimate of drug-likeness (QED) is 0.642. The van der Waals surface area contributed by atoms with Gasteiger partial charge in [-0.3, -0.25) is 0 Å². The van der Waals surface area contributed by atoms with Crippen LogP contribution >= 0.6 is 15.9 Å². The molecule has 1 aromatic carbocycles. The number of halogens is 1. The summed E-state index contributed by atoms with van der Waals surface area (Å²) in [5, 5.41) is 22.3. The minimum Gasteiger partial charge on any atom is -0.491 e. The number of benzene rings is 1. The van der Waals surface area contributed by atoms with Crippen molar-refractivity contribution in [1.82, 2.24) is 5.32 Å². The molecule has 114 valence electrons. The SMILES string of the molecule is CCC(C)(CCO)NCC(O)COc1cccc(Br)c1. The second-order valence-corrected chi connectivity index (χ2v) is 6.11. The molecular formula is C15H24BrNO3. The van der Waals surface area contributed by atoms with Gasteiger partial charge in [0.1, 0.15) is 18.5 Å². The normalized spacial score (nSPS) is 15.7. The molecule has 0 saturated carbocycles. The monoisotopic (exact) mass is 345 g/mol. The molecule has 4 nitrogen and oxygen atoms in total. The van der Waals surface area contributed by atoms with Crippen LogP contribution in [0.2, 0.25) is 0 Å². The van der Waals surface area contributed by atoms with E-state index in [2.05, 4.69) is 28.2 Å². The lowest BCUT2D eigenvalue weighted by molar-refractivity contribution is 0.0934. The van der Waals surface area contributed by atoms with Crippen molar-refractivity contribution in [3.8, 4) is 5.75 Å². The smallest absolute Gasteiger partial charge is 0.120 e. The maximum absolute atomic E-state index is 9.95. The Morgan fingerprint density at radius 3 is 2.80 bits per heavy atom. The van der Waals surface area contributed by atoms with Crippen molar-refractivity contribution in [3.05, 3.63) is 28.7 Å². The Kier molecular flexibility index (Phi) is 7.51. The molecule has 2 unspecified atom stereocenters. The van der Waals surface area contributed by atoms with E-state index in [-0.39, 0.29) is 18.8 Å². The molecule has 0 saturated heterocycles. The molecular weight excluding hydrogens is 322 g/mol. The number of ether oxygens (including phenoxy) is 1. The van der Waals surface area contributed by atoms with Crippen molar-refractivity contribution < 1.29 is 14.9 Å². The van der Waals surface area contributed by atoms with Crippen molar-refractivity contribution in [3.63, 3.8) is 0 Å². The molecule has 2 atom stereocenters. The second-order valence-electron chi connectivity index (χ2n) is 5.19. The minimum atomic E-state index is -0.585. The first-order valence-electron chi connectivity index (χ1n) is 6.91. The van der Waals surface area contributed by atoms with Crippen LogP contribution in [0.25, 0.3) is 0 Å². The predicted octanol–water partition coefficient (Wildman–Crippen LogP) is 2.33. The van der Waals surface area contributed by atoms with Crippen LogP contribution in [-0.2, 0) is 0 Å². The number of β-amino-alcohol motifs (C(OH)–C–C–N with tert-alkyl or cyclic N) is 1. The van der Waals surface area contributed by atoms with Gasteiger partial charge in [-0.2, -0.15) is 0 Å². The fourth-order valence-electron chi connectivity index (χ4n) is 1.81. The van der Waals surface area contributed by atoms with Crippen LogP contribution in [-0.4, -0.2) is 41.6 Å². The molecule has 1 aromatic rings. The summed E-state index contributed by atoms with van der Waals surface area (Å²) in [5.41, 5.74) is -0.147. The Labute approximate surface area is 129 Å². The standard InChI is InChI=1S/C15H24BrNO3/c1-3-15(2,7-8-18)17-10-13(19)11-20-14-6-4-5-12(16)9-14/h4-6,9,13,17-19H,3,7-8,10-11H2,1-2H3. The lowest BCUT2D eigenvalue weighted by Gasteiger charge is -2.30. The van der Waals surface area contributed by atoms with E-state index in [0.717, 1.165) is 16.6 Å². The number of aliphatic hydroxyl groups excluding tert-OH is 2. The highest BCUT2D eigenvalue weighted by atomic mass is 79.9. The topological polar surface area (TPSA) is 61.7 Å². The zero-order chi connectivity index (χ0) is 15.0. The van der Waals surface area contributed by atoms with Gasteiger partial charge in [0.25, 0.3) is 0 Å². The Morgan fingerprint density at radius 2 is 2.20 bits per heavy atom. The van der Waals surface area contributed by atoms with Gasteiger partial charge in [-0.25, -0.2) is 0 Å². The van der Waals surface area contributed by atoms with Gasteiger partial charge in [0.15, 0.2) is 0 Å². The minimum absolute atomic E-state index is 0.141. The number of rotatable bonds is 9. The van der Waals surface area contributed by atoms with Gasteiger partial charge in [-0.05, 0) is 38.0 Å². The fraction of sp³-hybridized carbons (Fsp3) is 0.600. The largest absolute Gasteiger partial charge is 0.491 e. The van der Waals surface area contributed by atoms with Crippen molar-refractivity contribution in [1.29, 1.82) is 0 Å². The molecule has 0 heterocycles. The van der Waals surface area contributed by atoms with E-state index >= 15 is 0 Å². The van der Waals surface area contributed by atoms with Crippen LogP contribution in [0.5, 0.6) is 5.75 Å². The zero-order valence-corrected chi connectivity index (χ0v) is 13.7. The number of hydrogen-bond acceptors (Lipinski definition) is 4. The molecule has 0 aliphatic carbocycles. The van der Waals surface area contributed by atoms with Gasteiger partial charge in [0.2, 0.25) is 0 Å². The number of aliphatic hydroxyl groups is 2. The van der Waals surface area contributed by atoms with Crippen molar-refractivity contribution >= 4 is 15.9 Å². The summed E-state index contributed by atoms with van der Waals surface area (Å²) >= 11 is 3.37. The summed E-state index contributed by atoms with van der Waals surface area (Å²) in [7, 11) is 0. The van der Waals surface area contributed by atoms with Gasteiger partial charge in [-0.1, -0.05) is 28.9 Å². The number of nitrogens with one attached hydrogen (secondary N) is 1. The average molecular weight is 346 g/mol. The van der Waals surface area contributed by atoms with E-state index in [4.69, 9.17) is 9.84 Å². The van der Waals surface area contributed by atoms with Crippen LogP contribution in [0.15, 0.2) is 28.7 Å². The molecule has 1 rings (SSSR count). The van der Waals surface area contributed by atoms with E-state index in [1.165, 1.54) is 0 Å². The molecule has 0 aromatic heterocycles. The third kappa shape index (κ3) is 6.22. The summed E-state index contributed by atoms with van der Waals surface area (Å²) in [5.74, 6) is 0.729. The van der Waals surface area contributed by atoms with E-state index < -0.39 is 6.10 Å². The van der Waals surface area contributed by atoms with Gasteiger partial charge in [-0.15, -0.1) is 0 Å². The highest BCUT2D eigenvalue weighted by molar-refractivity contribution is 9.10. The molecule has 0 spiro atoms. The molecule has 0 aliphatic rings. The van der Waals surface area contributed by atoms with Crippen molar-refractivity contribution in [2.24, 2.45) is 0 Å². The lowest BCUT2D eigenvalue weighted by Crippen LogP contribution is -2.47. The summed E-state index contributed by atoms with van der Waals surface area (Å²) in [6.45, 7) is 4.93.